The molecule has 0 bridgehead atoms. The zero-order chi connectivity index (χ0) is 19.1. The van der Waals surface area contributed by atoms with Crippen molar-refractivity contribution in [1.82, 2.24) is 0 Å². The fourth-order valence-corrected chi connectivity index (χ4v) is 2.79. The highest BCUT2D eigenvalue weighted by molar-refractivity contribution is 6.14. The molecular weight excluding hydrogens is 336 g/mol. The summed E-state index contributed by atoms with van der Waals surface area (Å²) in [6, 6.07) is 24.9. The zero-order valence-electron chi connectivity index (χ0n) is 15.2. The van der Waals surface area contributed by atoms with Crippen LogP contribution in [0, 0.1) is 5.41 Å². The number of benzene rings is 3. The fraction of sp³-hybridized carbons (Fsp3) is 0.130. The van der Waals surface area contributed by atoms with E-state index in [1.165, 1.54) is 5.56 Å². The first-order chi connectivity index (χ1) is 13.2. The predicted octanol–water partition coefficient (Wildman–Crippen LogP) is 4.89. The molecule has 0 heterocycles. The Kier molecular flexibility index (Phi) is 6.00. The average molecular weight is 358 g/mol. The van der Waals surface area contributed by atoms with Crippen LogP contribution in [0.4, 0.5) is 5.69 Å². The van der Waals surface area contributed by atoms with E-state index >= 15 is 0 Å². The molecule has 0 spiro atoms. The van der Waals surface area contributed by atoms with Crippen LogP contribution in [-0.2, 0) is 11.3 Å². The molecule has 0 saturated heterocycles. The Morgan fingerprint density at radius 3 is 2.22 bits per heavy atom. The maximum Gasteiger partial charge on any atom is 0.338 e. The van der Waals surface area contributed by atoms with Crippen molar-refractivity contribution in [2.75, 3.05) is 11.9 Å². The molecule has 136 valence electrons. The minimum Gasteiger partial charge on any atom is -0.462 e. The number of rotatable bonds is 7. The molecule has 0 aliphatic carbocycles. The van der Waals surface area contributed by atoms with Crippen molar-refractivity contribution in [1.29, 1.82) is 5.41 Å². The van der Waals surface area contributed by atoms with Crippen LogP contribution < -0.4 is 5.32 Å². The third kappa shape index (κ3) is 4.61. The van der Waals surface area contributed by atoms with E-state index in [1.807, 2.05) is 42.5 Å². The van der Waals surface area contributed by atoms with Crippen molar-refractivity contribution in [3.63, 3.8) is 0 Å². The zero-order valence-corrected chi connectivity index (χ0v) is 15.2. The van der Waals surface area contributed by atoms with E-state index in [0.717, 1.165) is 16.8 Å². The van der Waals surface area contributed by atoms with Gasteiger partial charge in [-0.3, -0.25) is 5.41 Å². The van der Waals surface area contributed by atoms with Gasteiger partial charge in [0, 0.05) is 23.4 Å². The molecule has 3 aromatic rings. The number of anilines is 1. The topological polar surface area (TPSA) is 62.2 Å². The van der Waals surface area contributed by atoms with E-state index < -0.39 is 0 Å². The van der Waals surface area contributed by atoms with Crippen LogP contribution in [0.5, 0.6) is 0 Å². The van der Waals surface area contributed by atoms with Crippen LogP contribution in [-0.4, -0.2) is 18.3 Å². The number of hydrogen-bond donors (Lipinski definition) is 2. The Hall–Kier alpha value is -3.40. The smallest absolute Gasteiger partial charge is 0.338 e. The van der Waals surface area contributed by atoms with E-state index in [4.69, 9.17) is 10.1 Å². The molecule has 0 fully saturated rings. The van der Waals surface area contributed by atoms with Gasteiger partial charge in [0.05, 0.1) is 17.9 Å². The molecule has 3 rings (SSSR count). The number of hydrogen-bond acceptors (Lipinski definition) is 4. The average Bonchev–Trinajstić information content (AvgIpc) is 2.73. The van der Waals surface area contributed by atoms with Crippen molar-refractivity contribution in [2.45, 2.75) is 13.5 Å². The Labute approximate surface area is 159 Å². The summed E-state index contributed by atoms with van der Waals surface area (Å²) in [5.41, 5.74) is 4.54. The van der Waals surface area contributed by atoms with Gasteiger partial charge >= 0.3 is 5.97 Å². The first kappa shape index (κ1) is 18.4. The summed E-state index contributed by atoms with van der Waals surface area (Å²) >= 11 is 0. The van der Waals surface area contributed by atoms with Gasteiger partial charge in [0.1, 0.15) is 0 Å². The fourth-order valence-electron chi connectivity index (χ4n) is 2.79. The highest BCUT2D eigenvalue weighted by Gasteiger charge is 2.11. The molecule has 0 unspecified atom stereocenters. The van der Waals surface area contributed by atoms with Crippen LogP contribution in [0.1, 0.15) is 34.0 Å². The Balaban J connectivity index is 1.77. The SMILES string of the molecule is CCOC(=O)c1ccc(C(=N)c2ccccc2NCc2ccccc2)cc1. The minimum atomic E-state index is -0.347. The summed E-state index contributed by atoms with van der Waals surface area (Å²) in [5.74, 6) is -0.347. The second-order valence-electron chi connectivity index (χ2n) is 6.06. The molecule has 0 saturated carbocycles. The first-order valence-electron chi connectivity index (χ1n) is 8.92. The normalized spacial score (nSPS) is 10.3. The van der Waals surface area contributed by atoms with Crippen LogP contribution in [0.2, 0.25) is 0 Å². The van der Waals surface area contributed by atoms with Crippen LogP contribution >= 0.6 is 0 Å². The number of esters is 1. The summed E-state index contributed by atoms with van der Waals surface area (Å²) in [6.07, 6.45) is 0. The third-order valence-corrected chi connectivity index (χ3v) is 4.21. The molecule has 0 aliphatic heterocycles. The van der Waals surface area contributed by atoms with Gasteiger partial charge < -0.3 is 10.1 Å². The Bertz CT molecular complexity index is 919. The first-order valence-corrected chi connectivity index (χ1v) is 8.92. The summed E-state index contributed by atoms with van der Waals surface area (Å²) in [6.45, 7) is 2.81. The van der Waals surface area contributed by atoms with Gasteiger partial charge in [0.2, 0.25) is 0 Å². The quantitative estimate of drug-likeness (QED) is 0.467. The van der Waals surface area contributed by atoms with Crippen LogP contribution in [0.3, 0.4) is 0 Å². The summed E-state index contributed by atoms with van der Waals surface area (Å²) in [5, 5.41) is 12.0. The van der Waals surface area contributed by atoms with Gasteiger partial charge in [0.25, 0.3) is 0 Å². The predicted molar refractivity (Wildman–Crippen MR) is 109 cm³/mol. The van der Waals surface area contributed by atoms with Crippen molar-refractivity contribution >= 4 is 17.4 Å². The highest BCUT2D eigenvalue weighted by atomic mass is 16.5. The molecule has 3 aromatic carbocycles. The maximum atomic E-state index is 11.8. The van der Waals surface area contributed by atoms with Crippen molar-refractivity contribution in [3.05, 3.63) is 101 Å². The monoisotopic (exact) mass is 358 g/mol. The molecule has 2 N–H and O–H groups in total. The number of carbonyl (C=O) groups excluding carboxylic acids is 1. The van der Waals surface area contributed by atoms with E-state index in [9.17, 15) is 4.79 Å². The second-order valence-corrected chi connectivity index (χ2v) is 6.06. The largest absolute Gasteiger partial charge is 0.462 e. The van der Waals surface area contributed by atoms with E-state index in [-0.39, 0.29) is 5.97 Å². The minimum absolute atomic E-state index is 0.344. The van der Waals surface area contributed by atoms with E-state index in [0.29, 0.717) is 24.4 Å². The number of para-hydroxylation sites is 1. The molecule has 0 amide bonds. The third-order valence-electron chi connectivity index (χ3n) is 4.21. The van der Waals surface area contributed by atoms with Crippen molar-refractivity contribution in [2.24, 2.45) is 0 Å². The molecular formula is C23H22N2O2. The van der Waals surface area contributed by atoms with Gasteiger partial charge in [0.15, 0.2) is 0 Å². The number of nitrogens with one attached hydrogen (secondary N) is 2. The molecule has 4 heteroatoms. The highest BCUT2D eigenvalue weighted by Crippen LogP contribution is 2.20. The van der Waals surface area contributed by atoms with Gasteiger partial charge in [-0.05, 0) is 30.7 Å². The molecule has 0 aliphatic rings. The molecule has 0 radical (unpaired) electrons. The summed E-state index contributed by atoms with van der Waals surface area (Å²) < 4.78 is 5.00. The molecule has 4 nitrogen and oxygen atoms in total. The van der Waals surface area contributed by atoms with Crippen molar-refractivity contribution < 1.29 is 9.53 Å². The lowest BCUT2D eigenvalue weighted by molar-refractivity contribution is 0.0526. The second kappa shape index (κ2) is 8.81. The van der Waals surface area contributed by atoms with Crippen molar-refractivity contribution in [3.8, 4) is 0 Å². The number of carbonyl (C=O) groups is 1. The Morgan fingerprint density at radius 1 is 0.889 bits per heavy atom. The maximum absolute atomic E-state index is 11.8. The number of ether oxygens (including phenoxy) is 1. The lowest BCUT2D eigenvalue weighted by Crippen LogP contribution is -2.09. The van der Waals surface area contributed by atoms with E-state index in [1.54, 1.807) is 31.2 Å². The van der Waals surface area contributed by atoms with Crippen LogP contribution in [0.15, 0.2) is 78.9 Å². The van der Waals surface area contributed by atoms with Gasteiger partial charge in [-0.25, -0.2) is 4.79 Å². The summed E-state index contributed by atoms with van der Waals surface area (Å²) in [7, 11) is 0. The summed E-state index contributed by atoms with van der Waals surface area (Å²) in [4.78, 5) is 11.8. The van der Waals surface area contributed by atoms with Gasteiger partial charge in [-0.2, -0.15) is 0 Å². The van der Waals surface area contributed by atoms with Gasteiger partial charge in [-0.1, -0.05) is 60.7 Å². The standard InChI is InChI=1S/C23H22N2O2/c1-2-27-23(26)19-14-12-18(13-15-19)22(24)20-10-6-7-11-21(20)25-16-17-8-4-3-5-9-17/h3-15,24-25H,2,16H2,1H3. The van der Waals surface area contributed by atoms with Gasteiger partial charge in [-0.15, -0.1) is 0 Å². The Morgan fingerprint density at radius 2 is 1.52 bits per heavy atom. The molecule has 0 aromatic heterocycles. The molecule has 0 atom stereocenters. The van der Waals surface area contributed by atoms with Crippen LogP contribution in [0.25, 0.3) is 0 Å². The lowest BCUT2D eigenvalue weighted by Gasteiger charge is -2.13. The van der Waals surface area contributed by atoms with E-state index in [2.05, 4.69) is 17.4 Å². The lowest BCUT2D eigenvalue weighted by atomic mass is 9.99. The molecule has 27 heavy (non-hydrogen) atoms.